The first-order valence-electron chi connectivity index (χ1n) is 5.21. The zero-order valence-corrected chi connectivity index (χ0v) is 10.1. The van der Waals surface area contributed by atoms with Crippen LogP contribution in [0.4, 0.5) is 0 Å². The van der Waals surface area contributed by atoms with Gasteiger partial charge >= 0.3 is 5.97 Å². The van der Waals surface area contributed by atoms with E-state index in [1.165, 1.54) is 0 Å². The first-order chi connectivity index (χ1) is 7.11. The Hall–Kier alpha value is -0.710. The number of rotatable bonds is 8. The minimum Gasteiger partial charge on any atom is -0.480 e. The number of carbonyl (C=O) groups is 2. The third kappa shape index (κ3) is 7.25. The Morgan fingerprint density at radius 2 is 2.07 bits per heavy atom. The van der Waals surface area contributed by atoms with Gasteiger partial charge in [-0.25, -0.2) is 4.79 Å². The number of aliphatic carboxylic acids is 1. The van der Waals surface area contributed by atoms with Crippen LogP contribution in [0.25, 0.3) is 0 Å². The molecule has 0 spiro atoms. The predicted octanol–water partition coefficient (Wildman–Crippen LogP) is 1.50. The van der Waals surface area contributed by atoms with Gasteiger partial charge in [0.1, 0.15) is 6.04 Å². The topological polar surface area (TPSA) is 66.4 Å². The molecule has 0 aliphatic rings. The molecule has 1 atom stereocenters. The highest BCUT2D eigenvalue weighted by atomic mass is 32.2. The molecule has 0 fully saturated rings. The molecule has 0 saturated heterocycles. The lowest BCUT2D eigenvalue weighted by molar-refractivity contribution is -0.141. The van der Waals surface area contributed by atoms with E-state index in [1.54, 1.807) is 11.8 Å². The highest BCUT2D eigenvalue weighted by Crippen LogP contribution is 2.04. The summed E-state index contributed by atoms with van der Waals surface area (Å²) in [5.74, 6) is 0.609. The molecule has 0 aromatic heterocycles. The summed E-state index contributed by atoms with van der Waals surface area (Å²) >= 11 is 1.68. The number of thioether (sulfide) groups is 1. The zero-order chi connectivity index (χ0) is 11.7. The van der Waals surface area contributed by atoms with Crippen LogP contribution in [-0.4, -0.2) is 34.5 Å². The van der Waals surface area contributed by atoms with Crippen molar-refractivity contribution in [2.24, 2.45) is 0 Å². The number of amides is 1. The molecule has 5 heteroatoms. The summed E-state index contributed by atoms with van der Waals surface area (Å²) in [6, 6.07) is -0.733. The van der Waals surface area contributed by atoms with Crippen LogP contribution < -0.4 is 5.32 Å². The lowest BCUT2D eigenvalue weighted by atomic mass is 10.2. The first kappa shape index (κ1) is 14.3. The van der Waals surface area contributed by atoms with Crippen LogP contribution in [0, 0.1) is 0 Å². The fraction of sp³-hybridized carbons (Fsp3) is 0.800. The smallest absolute Gasteiger partial charge is 0.326 e. The van der Waals surface area contributed by atoms with Crippen LogP contribution in [-0.2, 0) is 9.59 Å². The van der Waals surface area contributed by atoms with Gasteiger partial charge in [-0.05, 0) is 24.3 Å². The lowest BCUT2D eigenvalue weighted by Crippen LogP contribution is -2.41. The Morgan fingerprint density at radius 1 is 1.40 bits per heavy atom. The van der Waals surface area contributed by atoms with Crippen molar-refractivity contribution in [2.45, 2.75) is 39.2 Å². The number of carbonyl (C=O) groups excluding carboxylic acids is 1. The van der Waals surface area contributed by atoms with Gasteiger partial charge in [-0.3, -0.25) is 4.79 Å². The van der Waals surface area contributed by atoms with E-state index < -0.39 is 12.0 Å². The van der Waals surface area contributed by atoms with Crippen molar-refractivity contribution in [2.75, 3.05) is 11.5 Å². The van der Waals surface area contributed by atoms with Crippen molar-refractivity contribution in [1.29, 1.82) is 0 Å². The second-order valence-electron chi connectivity index (χ2n) is 3.19. The molecule has 0 bridgehead atoms. The predicted molar refractivity (Wildman–Crippen MR) is 62.1 cm³/mol. The third-order valence-corrected chi connectivity index (χ3v) is 2.80. The molecule has 88 valence electrons. The van der Waals surface area contributed by atoms with E-state index in [-0.39, 0.29) is 5.91 Å². The normalized spacial score (nSPS) is 12.1. The van der Waals surface area contributed by atoms with Gasteiger partial charge < -0.3 is 10.4 Å². The molecule has 0 heterocycles. The third-order valence-electron chi connectivity index (χ3n) is 1.87. The van der Waals surface area contributed by atoms with Gasteiger partial charge in [-0.2, -0.15) is 11.8 Å². The van der Waals surface area contributed by atoms with E-state index in [0.717, 1.165) is 17.9 Å². The van der Waals surface area contributed by atoms with Gasteiger partial charge in [-0.1, -0.05) is 13.8 Å². The molecule has 2 N–H and O–H groups in total. The maximum Gasteiger partial charge on any atom is 0.326 e. The Bertz CT molecular complexity index is 209. The summed E-state index contributed by atoms with van der Waals surface area (Å²) in [5, 5.41) is 11.4. The molecule has 0 aliphatic heterocycles. The number of hydrogen-bond acceptors (Lipinski definition) is 3. The fourth-order valence-corrected chi connectivity index (χ4v) is 1.79. The van der Waals surface area contributed by atoms with Crippen molar-refractivity contribution in [3.05, 3.63) is 0 Å². The summed E-state index contributed by atoms with van der Waals surface area (Å²) in [4.78, 5) is 22.0. The molecular formula is C10H19NO3S. The quantitative estimate of drug-likeness (QED) is 0.623. The molecule has 15 heavy (non-hydrogen) atoms. The van der Waals surface area contributed by atoms with Crippen LogP contribution in [0.3, 0.4) is 0 Å². The molecule has 0 radical (unpaired) electrons. The van der Waals surface area contributed by atoms with E-state index in [9.17, 15) is 9.59 Å². The molecule has 4 nitrogen and oxygen atoms in total. The van der Waals surface area contributed by atoms with Gasteiger partial charge in [0.05, 0.1) is 0 Å². The highest BCUT2D eigenvalue weighted by Gasteiger charge is 2.18. The number of hydrogen-bond donors (Lipinski definition) is 2. The summed E-state index contributed by atoms with van der Waals surface area (Å²) in [7, 11) is 0. The van der Waals surface area contributed by atoms with Gasteiger partial charge in [-0.15, -0.1) is 0 Å². The Balaban J connectivity index is 3.93. The molecule has 1 amide bonds. The average molecular weight is 233 g/mol. The Labute approximate surface area is 94.8 Å². The minimum absolute atomic E-state index is 0.175. The largest absolute Gasteiger partial charge is 0.480 e. The van der Waals surface area contributed by atoms with Crippen LogP contribution >= 0.6 is 11.8 Å². The van der Waals surface area contributed by atoms with Crippen molar-refractivity contribution >= 4 is 23.6 Å². The lowest BCUT2D eigenvalue weighted by Gasteiger charge is -2.13. The fourth-order valence-electron chi connectivity index (χ4n) is 1.10. The van der Waals surface area contributed by atoms with E-state index in [4.69, 9.17) is 5.11 Å². The second-order valence-corrected chi connectivity index (χ2v) is 4.59. The molecule has 0 aromatic carbocycles. The van der Waals surface area contributed by atoms with Crippen molar-refractivity contribution in [1.82, 2.24) is 5.32 Å². The van der Waals surface area contributed by atoms with Crippen molar-refractivity contribution in [3.63, 3.8) is 0 Å². The molecule has 1 unspecified atom stereocenters. The Kier molecular flexibility index (Phi) is 8.18. The van der Waals surface area contributed by atoms with Crippen LogP contribution in [0.5, 0.6) is 0 Å². The monoisotopic (exact) mass is 233 g/mol. The number of carboxylic acid groups (broad SMARTS) is 1. The second kappa shape index (κ2) is 8.59. The SMILES string of the molecule is CCCC(=O)NC(CCSCC)C(=O)O. The van der Waals surface area contributed by atoms with E-state index in [2.05, 4.69) is 5.32 Å². The van der Waals surface area contributed by atoms with E-state index >= 15 is 0 Å². The van der Waals surface area contributed by atoms with E-state index in [0.29, 0.717) is 12.8 Å². The molecule has 0 rings (SSSR count). The zero-order valence-electron chi connectivity index (χ0n) is 9.28. The van der Waals surface area contributed by atoms with E-state index in [1.807, 2.05) is 13.8 Å². The molecule has 0 saturated carbocycles. The van der Waals surface area contributed by atoms with Crippen molar-refractivity contribution in [3.8, 4) is 0 Å². The maximum atomic E-state index is 11.2. The average Bonchev–Trinajstić information content (AvgIpc) is 2.16. The number of nitrogens with one attached hydrogen (secondary N) is 1. The number of carboxylic acids is 1. The summed E-state index contributed by atoms with van der Waals surface area (Å²) < 4.78 is 0. The van der Waals surface area contributed by atoms with Crippen LogP contribution in [0.15, 0.2) is 0 Å². The highest BCUT2D eigenvalue weighted by molar-refractivity contribution is 7.99. The maximum absolute atomic E-state index is 11.2. The van der Waals surface area contributed by atoms with Crippen LogP contribution in [0.1, 0.15) is 33.1 Å². The van der Waals surface area contributed by atoms with Gasteiger partial charge in [0, 0.05) is 6.42 Å². The van der Waals surface area contributed by atoms with Gasteiger partial charge in [0.15, 0.2) is 0 Å². The summed E-state index contributed by atoms with van der Waals surface area (Å²) in [6.07, 6.45) is 1.62. The van der Waals surface area contributed by atoms with Crippen LogP contribution in [0.2, 0.25) is 0 Å². The first-order valence-corrected chi connectivity index (χ1v) is 6.37. The van der Waals surface area contributed by atoms with Gasteiger partial charge in [0.2, 0.25) is 5.91 Å². The molecular weight excluding hydrogens is 214 g/mol. The van der Waals surface area contributed by atoms with Gasteiger partial charge in [0.25, 0.3) is 0 Å². The summed E-state index contributed by atoms with van der Waals surface area (Å²) in [6.45, 7) is 3.92. The summed E-state index contributed by atoms with van der Waals surface area (Å²) in [5.41, 5.74) is 0. The Morgan fingerprint density at radius 3 is 2.53 bits per heavy atom. The minimum atomic E-state index is -0.948. The van der Waals surface area contributed by atoms with Crippen molar-refractivity contribution < 1.29 is 14.7 Å². The standard InChI is InChI=1S/C10H19NO3S/c1-3-5-9(12)11-8(10(13)14)6-7-15-4-2/h8H,3-7H2,1-2H3,(H,11,12)(H,13,14). The molecule has 0 aromatic rings. The molecule has 0 aliphatic carbocycles.